The first-order valence-electron chi connectivity index (χ1n) is 12.0. The fourth-order valence-electron chi connectivity index (χ4n) is 4.64. The van der Waals surface area contributed by atoms with E-state index in [0.29, 0.717) is 12.1 Å². The summed E-state index contributed by atoms with van der Waals surface area (Å²) in [6.45, 7) is 1.61. The lowest BCUT2D eigenvalue weighted by molar-refractivity contribution is -0.153. The molecule has 15 heteroatoms. The number of amides is 6. The summed E-state index contributed by atoms with van der Waals surface area (Å²) in [5, 5.41) is 23.7. The van der Waals surface area contributed by atoms with Gasteiger partial charge in [-0.3, -0.25) is 29.0 Å². The predicted octanol–water partition coefficient (Wildman–Crippen LogP) is -0.450. The number of carboxylic acid groups (broad SMARTS) is 1. The fraction of sp³-hybridized carbons (Fsp3) is 0.417. The van der Waals surface area contributed by atoms with E-state index in [2.05, 4.69) is 10.6 Å². The Bertz CT molecular complexity index is 1260. The minimum absolute atomic E-state index is 0.0498. The van der Waals surface area contributed by atoms with Crippen LogP contribution in [0.2, 0.25) is 0 Å². The lowest BCUT2D eigenvalue weighted by Crippen LogP contribution is -2.78. The molecule has 1 aromatic rings. The fourth-order valence-corrected chi connectivity index (χ4v) is 7.24. The highest BCUT2D eigenvalue weighted by Gasteiger charge is 2.65. The number of urea groups is 1. The average molecular weight is 578 g/mol. The van der Waals surface area contributed by atoms with Crippen molar-refractivity contribution in [2.24, 2.45) is 0 Å². The summed E-state index contributed by atoms with van der Waals surface area (Å²) in [5.41, 5.74) is 0.238. The van der Waals surface area contributed by atoms with E-state index in [-0.39, 0.29) is 30.1 Å². The highest BCUT2D eigenvalue weighted by Crippen LogP contribution is 2.50. The zero-order valence-corrected chi connectivity index (χ0v) is 22.7. The molecule has 3 aliphatic heterocycles. The minimum Gasteiger partial charge on any atom is -0.477 e. The Morgan fingerprint density at radius 1 is 1.15 bits per heavy atom. The maximum Gasteiger partial charge on any atom is 0.352 e. The van der Waals surface area contributed by atoms with Gasteiger partial charge in [0.2, 0.25) is 5.91 Å². The van der Waals surface area contributed by atoms with Crippen molar-refractivity contribution in [3.63, 3.8) is 0 Å². The molecule has 0 spiro atoms. The number of piperazine rings is 1. The second-order valence-corrected chi connectivity index (χ2v) is 10.9. The van der Waals surface area contributed by atoms with E-state index in [4.69, 9.17) is 0 Å². The van der Waals surface area contributed by atoms with Gasteiger partial charge in [0.05, 0.1) is 6.61 Å². The number of nitrogens with zero attached hydrogens (tertiary/aromatic N) is 3. The third kappa shape index (κ3) is 4.85. The van der Waals surface area contributed by atoms with Crippen molar-refractivity contribution >= 4 is 59.2 Å². The molecular weight excluding hydrogens is 550 g/mol. The van der Waals surface area contributed by atoms with Crippen LogP contribution >= 0.6 is 23.5 Å². The van der Waals surface area contributed by atoms with E-state index in [1.807, 2.05) is 0 Å². The zero-order valence-electron chi connectivity index (χ0n) is 21.1. The van der Waals surface area contributed by atoms with Crippen LogP contribution in [0, 0.1) is 0 Å². The number of aliphatic hydroxyl groups excluding tert-OH is 1. The van der Waals surface area contributed by atoms with Gasteiger partial charge in [-0.25, -0.2) is 9.59 Å². The van der Waals surface area contributed by atoms with E-state index in [9.17, 15) is 39.0 Å². The number of carbonyl (C=O) groups is 6. The van der Waals surface area contributed by atoms with Gasteiger partial charge in [0, 0.05) is 25.4 Å². The molecule has 1 unspecified atom stereocenters. The molecule has 0 bridgehead atoms. The van der Waals surface area contributed by atoms with Crippen molar-refractivity contribution in [1.29, 1.82) is 0 Å². The Hall–Kier alpha value is -3.56. The number of likely N-dealkylation sites (N-methyl/N-ethyl adjacent to an activating group) is 1. The molecular formula is C24H27N5O8S2. The van der Waals surface area contributed by atoms with Gasteiger partial charge in [0.1, 0.15) is 17.1 Å². The van der Waals surface area contributed by atoms with Crippen molar-refractivity contribution in [3.05, 3.63) is 47.2 Å². The molecule has 208 valence electrons. The molecule has 1 aromatic carbocycles. The number of aliphatic carboxylic acids is 1. The lowest BCUT2D eigenvalue weighted by Gasteiger charge is -2.56. The second-order valence-electron chi connectivity index (χ2n) is 8.82. The third-order valence-corrected chi connectivity index (χ3v) is 9.42. The van der Waals surface area contributed by atoms with Crippen molar-refractivity contribution in [2.45, 2.75) is 23.2 Å². The van der Waals surface area contributed by atoms with Gasteiger partial charge in [-0.2, -0.15) is 0 Å². The highest BCUT2D eigenvalue weighted by atomic mass is 32.2. The molecule has 2 saturated heterocycles. The number of imide groups is 1. The molecule has 0 saturated carbocycles. The number of hydrogen-bond acceptors (Lipinski definition) is 9. The normalized spacial score (nSPS) is 23.7. The van der Waals surface area contributed by atoms with E-state index in [0.717, 1.165) is 21.6 Å². The molecule has 0 radical (unpaired) electrons. The van der Waals surface area contributed by atoms with Crippen LogP contribution in [0.1, 0.15) is 18.5 Å². The van der Waals surface area contributed by atoms with Crippen molar-refractivity contribution < 1.29 is 39.0 Å². The van der Waals surface area contributed by atoms with Crippen LogP contribution in [0.3, 0.4) is 0 Å². The Kier molecular flexibility index (Phi) is 8.23. The number of fused-ring (bicyclic) bond motifs is 1. The van der Waals surface area contributed by atoms with Crippen molar-refractivity contribution in [2.75, 3.05) is 38.2 Å². The maximum atomic E-state index is 13.7. The number of β-lactam (4-membered cyclic amide) rings is 1. The SMILES string of the molecule is CCN1CCN(C(=O)NC(C(=O)N[C@]2(SC)C(=O)N3C(C(=O)O)=C(CO)CS[C@H]32)c2ccccc2)C(=O)C1=O. The molecule has 39 heavy (non-hydrogen) atoms. The van der Waals surface area contributed by atoms with Gasteiger partial charge in [0.15, 0.2) is 4.87 Å². The Labute approximate surface area is 231 Å². The van der Waals surface area contributed by atoms with E-state index >= 15 is 0 Å². The molecule has 3 atom stereocenters. The monoisotopic (exact) mass is 577 g/mol. The Morgan fingerprint density at radius 3 is 2.44 bits per heavy atom. The summed E-state index contributed by atoms with van der Waals surface area (Å²) in [6.07, 6.45) is 1.59. The van der Waals surface area contributed by atoms with Crippen LogP contribution in [0.4, 0.5) is 4.79 Å². The number of benzene rings is 1. The highest BCUT2D eigenvalue weighted by molar-refractivity contribution is 8.05. The summed E-state index contributed by atoms with van der Waals surface area (Å²) in [4.78, 5) is 78.4. The van der Waals surface area contributed by atoms with Gasteiger partial charge < -0.3 is 25.7 Å². The third-order valence-electron chi connectivity index (χ3n) is 6.73. The van der Waals surface area contributed by atoms with E-state index in [1.165, 1.54) is 16.7 Å². The first-order chi connectivity index (χ1) is 18.6. The van der Waals surface area contributed by atoms with Crippen molar-refractivity contribution in [1.82, 2.24) is 25.3 Å². The van der Waals surface area contributed by atoms with Gasteiger partial charge in [-0.1, -0.05) is 30.3 Å². The molecule has 6 amide bonds. The zero-order chi connectivity index (χ0) is 28.5. The van der Waals surface area contributed by atoms with Crippen LogP contribution < -0.4 is 10.6 Å². The second kappa shape index (κ2) is 11.3. The number of carboxylic acids is 1. The molecule has 3 aliphatic rings. The minimum atomic E-state index is -1.54. The van der Waals surface area contributed by atoms with E-state index in [1.54, 1.807) is 43.5 Å². The van der Waals surface area contributed by atoms with Gasteiger partial charge in [-0.15, -0.1) is 23.5 Å². The molecule has 4 N–H and O–H groups in total. The van der Waals surface area contributed by atoms with Crippen LogP contribution in [-0.4, -0.2) is 109 Å². The molecule has 2 fully saturated rings. The number of aliphatic hydroxyl groups is 1. The summed E-state index contributed by atoms with van der Waals surface area (Å²) in [7, 11) is 0. The van der Waals surface area contributed by atoms with Gasteiger partial charge >= 0.3 is 23.8 Å². The smallest absolute Gasteiger partial charge is 0.352 e. The quantitative estimate of drug-likeness (QED) is 0.180. The van der Waals surface area contributed by atoms with Crippen LogP contribution in [0.5, 0.6) is 0 Å². The number of hydrogen-bond donors (Lipinski definition) is 4. The Balaban J connectivity index is 1.59. The predicted molar refractivity (Wildman–Crippen MR) is 141 cm³/mol. The maximum absolute atomic E-state index is 13.7. The number of nitrogens with one attached hydrogen (secondary N) is 2. The summed E-state index contributed by atoms with van der Waals surface area (Å²) in [6, 6.07) is 5.89. The van der Waals surface area contributed by atoms with Crippen LogP contribution in [0.25, 0.3) is 0 Å². The molecule has 3 heterocycles. The van der Waals surface area contributed by atoms with E-state index < -0.39 is 58.5 Å². The number of carbonyl (C=O) groups excluding carboxylic acids is 5. The molecule has 0 aromatic heterocycles. The summed E-state index contributed by atoms with van der Waals surface area (Å²) < 4.78 is 0. The summed E-state index contributed by atoms with van der Waals surface area (Å²) in [5.74, 6) is -4.50. The topological polar surface area (TPSA) is 177 Å². The van der Waals surface area contributed by atoms with Gasteiger partial charge in [-0.05, 0) is 24.3 Å². The number of thioether (sulfide) groups is 2. The number of rotatable bonds is 8. The Morgan fingerprint density at radius 2 is 1.85 bits per heavy atom. The summed E-state index contributed by atoms with van der Waals surface area (Å²) >= 11 is 2.21. The first-order valence-corrected chi connectivity index (χ1v) is 14.2. The molecule has 0 aliphatic carbocycles. The van der Waals surface area contributed by atoms with Crippen LogP contribution in [-0.2, 0) is 24.0 Å². The largest absolute Gasteiger partial charge is 0.477 e. The standard InChI is InChI=1S/C24H27N5O8S2/c1-3-27-9-10-28(19(33)18(27)32)23(37)25-15(13-7-5-4-6-8-13)17(31)26-24(38-2)21(36)29-16(20(34)35)14(11-30)12-39-22(24)29/h4-8,15,22,30H,3,9-12H2,1-2H3,(H,25,37)(H,26,31)(H,34,35)/t15?,22-,24-/m0/s1. The molecule has 13 nitrogen and oxygen atoms in total. The lowest BCUT2D eigenvalue weighted by atomic mass is 10.00. The molecule has 4 rings (SSSR count). The van der Waals surface area contributed by atoms with Gasteiger partial charge in [0.25, 0.3) is 5.91 Å². The van der Waals surface area contributed by atoms with Crippen molar-refractivity contribution in [3.8, 4) is 0 Å². The average Bonchev–Trinajstić information content (AvgIpc) is 2.94. The first kappa shape index (κ1) is 28.4. The van der Waals surface area contributed by atoms with Crippen LogP contribution in [0.15, 0.2) is 41.6 Å².